The van der Waals surface area contributed by atoms with Crippen molar-refractivity contribution in [3.8, 4) is 5.88 Å². The van der Waals surface area contributed by atoms with Gasteiger partial charge in [-0.3, -0.25) is 0 Å². The molecule has 108 valence electrons. The molecule has 1 fully saturated rings. The molecule has 0 unspecified atom stereocenters. The van der Waals surface area contributed by atoms with E-state index in [2.05, 4.69) is 21.5 Å². The van der Waals surface area contributed by atoms with Crippen LogP contribution in [-0.2, 0) is 6.54 Å². The Hall–Kier alpha value is -1.36. The number of methoxy groups -OCH3 is 1. The molecule has 0 radical (unpaired) electrons. The maximum absolute atomic E-state index is 5.45. The summed E-state index contributed by atoms with van der Waals surface area (Å²) in [5.74, 6) is 2.22. The first kappa shape index (κ1) is 13.6. The number of aromatic nitrogens is 3. The highest BCUT2D eigenvalue weighted by atomic mass is 32.1. The van der Waals surface area contributed by atoms with Gasteiger partial charge in [0, 0.05) is 12.6 Å². The van der Waals surface area contributed by atoms with E-state index in [0.717, 1.165) is 28.4 Å². The Labute approximate surface area is 124 Å². The standard InChI is InChI=1S/C15H21N3OS/c1-10-3-5-11(6-4-10)9-18-14-12(16-15(18)20)7-8-13(17-14)19-2/h7-8,10-11H,3-6,9H2,1-2H3,(H,16,20). The topological polar surface area (TPSA) is 42.8 Å². The zero-order valence-corrected chi connectivity index (χ0v) is 12.9. The zero-order valence-electron chi connectivity index (χ0n) is 12.1. The molecule has 1 aliphatic carbocycles. The number of hydrogen-bond donors (Lipinski definition) is 1. The van der Waals surface area contributed by atoms with E-state index in [9.17, 15) is 0 Å². The predicted octanol–water partition coefficient (Wildman–Crippen LogP) is 3.93. The van der Waals surface area contributed by atoms with E-state index in [1.54, 1.807) is 7.11 Å². The third kappa shape index (κ3) is 2.59. The summed E-state index contributed by atoms with van der Waals surface area (Å²) in [5, 5.41) is 0. The lowest BCUT2D eigenvalue weighted by atomic mass is 9.83. The summed E-state index contributed by atoms with van der Waals surface area (Å²) in [6.07, 6.45) is 5.24. The zero-order chi connectivity index (χ0) is 14.1. The first-order valence-electron chi connectivity index (χ1n) is 7.31. The van der Waals surface area contributed by atoms with Crippen LogP contribution >= 0.6 is 12.2 Å². The molecule has 0 aliphatic heterocycles. The van der Waals surface area contributed by atoms with Crippen LogP contribution in [0.25, 0.3) is 11.2 Å². The van der Waals surface area contributed by atoms with Crippen molar-refractivity contribution in [1.82, 2.24) is 14.5 Å². The summed E-state index contributed by atoms with van der Waals surface area (Å²) < 4.78 is 8.11. The van der Waals surface area contributed by atoms with Gasteiger partial charge in [0.2, 0.25) is 5.88 Å². The summed E-state index contributed by atoms with van der Waals surface area (Å²) in [4.78, 5) is 7.77. The van der Waals surface area contributed by atoms with Gasteiger partial charge in [0.25, 0.3) is 0 Å². The number of fused-ring (bicyclic) bond motifs is 1. The predicted molar refractivity (Wildman–Crippen MR) is 82.6 cm³/mol. The molecule has 20 heavy (non-hydrogen) atoms. The maximum atomic E-state index is 5.45. The van der Waals surface area contributed by atoms with Gasteiger partial charge in [0.1, 0.15) is 0 Å². The second-order valence-electron chi connectivity index (χ2n) is 5.89. The van der Waals surface area contributed by atoms with Crippen molar-refractivity contribution in [1.29, 1.82) is 0 Å². The van der Waals surface area contributed by atoms with Gasteiger partial charge in [0.15, 0.2) is 10.4 Å². The largest absolute Gasteiger partial charge is 0.481 e. The number of nitrogens with zero attached hydrogens (tertiary/aromatic N) is 2. The first-order chi connectivity index (χ1) is 9.67. The molecular formula is C15H21N3OS. The summed E-state index contributed by atoms with van der Waals surface area (Å²) in [5.41, 5.74) is 1.90. The Kier molecular flexibility index (Phi) is 3.78. The number of imidazole rings is 1. The van der Waals surface area contributed by atoms with Crippen LogP contribution in [-0.4, -0.2) is 21.6 Å². The fraction of sp³-hybridized carbons (Fsp3) is 0.600. The molecular weight excluding hydrogens is 270 g/mol. The minimum absolute atomic E-state index is 0.637. The molecule has 1 saturated carbocycles. The number of pyridine rings is 1. The Morgan fingerprint density at radius 1 is 1.35 bits per heavy atom. The van der Waals surface area contributed by atoms with Crippen molar-refractivity contribution >= 4 is 23.4 Å². The van der Waals surface area contributed by atoms with Crippen molar-refractivity contribution in [3.05, 3.63) is 16.9 Å². The second kappa shape index (κ2) is 5.56. The van der Waals surface area contributed by atoms with Crippen molar-refractivity contribution in [2.45, 2.75) is 39.2 Å². The van der Waals surface area contributed by atoms with E-state index in [-0.39, 0.29) is 0 Å². The van der Waals surface area contributed by atoms with Crippen molar-refractivity contribution in [2.75, 3.05) is 7.11 Å². The summed E-state index contributed by atoms with van der Waals surface area (Å²) >= 11 is 5.45. The molecule has 0 spiro atoms. The van der Waals surface area contributed by atoms with Crippen LogP contribution in [0.15, 0.2) is 12.1 Å². The van der Waals surface area contributed by atoms with Crippen LogP contribution in [0.4, 0.5) is 0 Å². The van der Waals surface area contributed by atoms with Crippen LogP contribution in [0, 0.1) is 16.6 Å². The highest BCUT2D eigenvalue weighted by Gasteiger charge is 2.20. The minimum Gasteiger partial charge on any atom is -0.481 e. The van der Waals surface area contributed by atoms with Crippen LogP contribution < -0.4 is 4.74 Å². The van der Waals surface area contributed by atoms with Crippen molar-refractivity contribution < 1.29 is 4.74 Å². The highest BCUT2D eigenvalue weighted by Crippen LogP contribution is 2.30. The van der Waals surface area contributed by atoms with E-state index < -0.39 is 0 Å². The van der Waals surface area contributed by atoms with E-state index in [1.807, 2.05) is 12.1 Å². The third-order valence-corrected chi connectivity index (χ3v) is 4.70. The number of nitrogens with one attached hydrogen (secondary N) is 1. The normalized spacial score (nSPS) is 23.1. The summed E-state index contributed by atoms with van der Waals surface area (Å²) in [7, 11) is 1.64. The summed E-state index contributed by atoms with van der Waals surface area (Å²) in [6.45, 7) is 3.31. The number of rotatable bonds is 3. The molecule has 0 bridgehead atoms. The Balaban J connectivity index is 1.90. The van der Waals surface area contributed by atoms with Gasteiger partial charge < -0.3 is 14.3 Å². The van der Waals surface area contributed by atoms with Gasteiger partial charge in [-0.2, -0.15) is 4.98 Å². The van der Waals surface area contributed by atoms with E-state index in [0.29, 0.717) is 11.8 Å². The number of hydrogen-bond acceptors (Lipinski definition) is 3. The Morgan fingerprint density at radius 3 is 2.80 bits per heavy atom. The molecule has 1 N–H and O–H groups in total. The molecule has 0 atom stereocenters. The molecule has 3 rings (SSSR count). The molecule has 2 heterocycles. The van der Waals surface area contributed by atoms with Crippen molar-refractivity contribution in [2.24, 2.45) is 11.8 Å². The highest BCUT2D eigenvalue weighted by molar-refractivity contribution is 7.71. The molecule has 2 aromatic rings. The van der Waals surface area contributed by atoms with Gasteiger partial charge in [-0.1, -0.05) is 19.8 Å². The van der Waals surface area contributed by atoms with Gasteiger partial charge in [-0.15, -0.1) is 0 Å². The smallest absolute Gasteiger partial charge is 0.215 e. The average Bonchev–Trinajstić information content (AvgIpc) is 2.77. The first-order valence-corrected chi connectivity index (χ1v) is 7.71. The lowest BCUT2D eigenvalue weighted by molar-refractivity contribution is 0.265. The number of ether oxygens (including phenoxy) is 1. The maximum Gasteiger partial charge on any atom is 0.215 e. The van der Waals surface area contributed by atoms with E-state index in [4.69, 9.17) is 17.0 Å². The molecule has 0 amide bonds. The third-order valence-electron chi connectivity index (χ3n) is 4.38. The lowest BCUT2D eigenvalue weighted by Crippen LogP contribution is -2.18. The number of aromatic amines is 1. The fourth-order valence-corrected chi connectivity index (χ4v) is 3.34. The van der Waals surface area contributed by atoms with Crippen LogP contribution in [0.3, 0.4) is 0 Å². The SMILES string of the molecule is COc1ccc2[nH]c(=S)n(CC3CCC(C)CC3)c2n1. The fourth-order valence-electron chi connectivity index (χ4n) is 3.07. The Bertz CT molecular complexity index is 653. The molecule has 2 aromatic heterocycles. The summed E-state index contributed by atoms with van der Waals surface area (Å²) in [6, 6.07) is 3.84. The molecule has 1 aliphatic rings. The lowest BCUT2D eigenvalue weighted by Gasteiger charge is -2.26. The van der Waals surface area contributed by atoms with Crippen LogP contribution in [0.2, 0.25) is 0 Å². The van der Waals surface area contributed by atoms with Crippen LogP contribution in [0.1, 0.15) is 32.6 Å². The minimum atomic E-state index is 0.637. The van der Waals surface area contributed by atoms with Crippen molar-refractivity contribution in [3.63, 3.8) is 0 Å². The molecule has 4 nitrogen and oxygen atoms in total. The number of H-pyrrole nitrogens is 1. The van der Waals surface area contributed by atoms with Gasteiger partial charge >= 0.3 is 0 Å². The van der Waals surface area contributed by atoms with Crippen LogP contribution in [0.5, 0.6) is 5.88 Å². The van der Waals surface area contributed by atoms with E-state index in [1.165, 1.54) is 25.7 Å². The Morgan fingerprint density at radius 2 is 2.10 bits per heavy atom. The van der Waals surface area contributed by atoms with Gasteiger partial charge in [0.05, 0.1) is 12.6 Å². The van der Waals surface area contributed by atoms with Gasteiger partial charge in [-0.05, 0) is 43.0 Å². The quantitative estimate of drug-likeness (QED) is 0.871. The van der Waals surface area contributed by atoms with E-state index >= 15 is 0 Å². The monoisotopic (exact) mass is 291 g/mol. The molecule has 5 heteroatoms. The van der Waals surface area contributed by atoms with Gasteiger partial charge in [-0.25, -0.2) is 0 Å². The molecule has 0 aromatic carbocycles. The second-order valence-corrected chi connectivity index (χ2v) is 6.28. The molecule has 0 saturated heterocycles. The average molecular weight is 291 g/mol.